The minimum atomic E-state index is -4.57. The molecule has 1 N–H and O–H groups in total. The van der Waals surface area contributed by atoms with Crippen LogP contribution in [0.5, 0.6) is 0 Å². The Morgan fingerprint density at radius 3 is 2.42 bits per heavy atom. The van der Waals surface area contributed by atoms with Crippen molar-refractivity contribution < 1.29 is 18.0 Å². The highest BCUT2D eigenvalue weighted by atomic mass is 19.4. The second-order valence-electron chi connectivity index (χ2n) is 8.59. The molecule has 0 radical (unpaired) electrons. The van der Waals surface area contributed by atoms with Crippen molar-refractivity contribution in [2.45, 2.75) is 32.0 Å². The monoisotopic (exact) mass is 489 g/mol. The van der Waals surface area contributed by atoms with E-state index in [1.165, 1.54) is 21.6 Å². The molecule has 2 heterocycles. The standard InChI is InChI=1S/C25H18F3N7O/c1-14-20(13-30)21(16-7-5-15(12-29)6-8-16)35-23(31-22(36)17-9-10-17)32-33-24(35)34(14)19-4-2-3-18(11-19)25(26,27)28/h2-8,11,17,21H,9-10H2,1H3,(H,31,32,36). The van der Waals surface area contributed by atoms with Gasteiger partial charge in [0.2, 0.25) is 17.8 Å². The number of hydrogen-bond donors (Lipinski definition) is 1. The molecule has 5 rings (SSSR count). The molecule has 36 heavy (non-hydrogen) atoms. The molecule has 0 saturated heterocycles. The van der Waals surface area contributed by atoms with Gasteiger partial charge >= 0.3 is 6.18 Å². The summed E-state index contributed by atoms with van der Waals surface area (Å²) in [7, 11) is 0. The summed E-state index contributed by atoms with van der Waals surface area (Å²) in [5, 5.41) is 30.5. The second kappa shape index (κ2) is 8.54. The van der Waals surface area contributed by atoms with Crippen molar-refractivity contribution >= 4 is 23.5 Å². The van der Waals surface area contributed by atoms with Gasteiger partial charge in [0.25, 0.3) is 0 Å². The van der Waals surface area contributed by atoms with E-state index >= 15 is 0 Å². The van der Waals surface area contributed by atoms with Gasteiger partial charge in [-0.25, -0.2) is 0 Å². The lowest BCUT2D eigenvalue weighted by atomic mass is 9.94. The SMILES string of the molecule is CC1=C(C#N)C(c2ccc(C#N)cc2)n2c(NC(=O)C3CC3)nnc2N1c1cccc(C(F)(F)F)c1. The van der Waals surface area contributed by atoms with Gasteiger partial charge in [-0.15, -0.1) is 10.2 Å². The summed E-state index contributed by atoms with van der Waals surface area (Å²) in [6.45, 7) is 1.62. The maximum absolute atomic E-state index is 13.5. The number of halogens is 3. The van der Waals surface area contributed by atoms with Gasteiger partial charge in [-0.05, 0) is 55.7 Å². The zero-order valence-electron chi connectivity index (χ0n) is 18.9. The van der Waals surface area contributed by atoms with E-state index in [4.69, 9.17) is 0 Å². The zero-order valence-corrected chi connectivity index (χ0v) is 18.9. The van der Waals surface area contributed by atoms with Crippen molar-refractivity contribution in [3.63, 3.8) is 0 Å². The molecule has 1 aliphatic heterocycles. The van der Waals surface area contributed by atoms with Gasteiger partial charge in [-0.2, -0.15) is 23.7 Å². The Balaban J connectivity index is 1.71. The number of alkyl halides is 3. The quantitative estimate of drug-likeness (QED) is 0.549. The molecule has 1 saturated carbocycles. The first kappa shape index (κ1) is 23.1. The number of aromatic nitrogens is 3. The third kappa shape index (κ3) is 3.95. The molecule has 1 aliphatic carbocycles. The van der Waals surface area contributed by atoms with Crippen LogP contribution in [0.4, 0.5) is 30.8 Å². The third-order valence-electron chi connectivity index (χ3n) is 6.23. The fourth-order valence-corrected chi connectivity index (χ4v) is 4.24. The normalized spacial score (nSPS) is 17.3. The first-order valence-corrected chi connectivity index (χ1v) is 11.1. The highest BCUT2D eigenvalue weighted by Gasteiger charge is 2.39. The summed E-state index contributed by atoms with van der Waals surface area (Å²) >= 11 is 0. The van der Waals surface area contributed by atoms with Crippen LogP contribution in [0.25, 0.3) is 0 Å². The molecule has 0 bridgehead atoms. The molecular formula is C25H18F3N7O. The molecular weight excluding hydrogens is 471 g/mol. The highest BCUT2D eigenvalue weighted by molar-refractivity contribution is 5.93. The summed E-state index contributed by atoms with van der Waals surface area (Å²) < 4.78 is 41.9. The van der Waals surface area contributed by atoms with Gasteiger partial charge in [0.15, 0.2) is 0 Å². The van der Waals surface area contributed by atoms with Gasteiger partial charge in [0.1, 0.15) is 6.04 Å². The van der Waals surface area contributed by atoms with Crippen molar-refractivity contribution in [3.8, 4) is 12.1 Å². The number of amides is 1. The van der Waals surface area contributed by atoms with Gasteiger partial charge in [0.05, 0.1) is 28.8 Å². The molecule has 180 valence electrons. The molecule has 1 unspecified atom stereocenters. The van der Waals surface area contributed by atoms with Gasteiger partial charge in [-0.1, -0.05) is 18.2 Å². The Morgan fingerprint density at radius 1 is 1.08 bits per heavy atom. The summed E-state index contributed by atoms with van der Waals surface area (Å²) in [5.41, 5.74) is 0.926. The summed E-state index contributed by atoms with van der Waals surface area (Å²) in [6, 6.07) is 14.7. The fraction of sp³-hybridized carbons (Fsp3) is 0.240. The molecule has 0 spiro atoms. The number of rotatable bonds is 4. The van der Waals surface area contributed by atoms with E-state index in [0.717, 1.165) is 25.0 Å². The van der Waals surface area contributed by atoms with Crippen LogP contribution < -0.4 is 10.2 Å². The molecule has 2 aromatic carbocycles. The maximum Gasteiger partial charge on any atom is 0.416 e. The molecule has 1 atom stereocenters. The number of carbonyl (C=O) groups is 1. The molecule has 3 aromatic rings. The van der Waals surface area contributed by atoms with Gasteiger partial charge in [-0.3, -0.25) is 19.6 Å². The third-order valence-corrected chi connectivity index (χ3v) is 6.23. The number of nitrogens with one attached hydrogen (secondary N) is 1. The molecule has 8 nitrogen and oxygen atoms in total. The Kier molecular flexibility index (Phi) is 5.48. The molecule has 1 amide bonds. The Bertz CT molecular complexity index is 1470. The van der Waals surface area contributed by atoms with Crippen LogP contribution in [0.1, 0.15) is 42.5 Å². The number of nitrogens with zero attached hydrogens (tertiary/aromatic N) is 6. The summed E-state index contributed by atoms with van der Waals surface area (Å²) in [6.07, 6.45) is -3.06. The van der Waals surface area contributed by atoms with Crippen molar-refractivity contribution in [3.05, 3.63) is 76.5 Å². The van der Waals surface area contributed by atoms with Crippen LogP contribution in [0.2, 0.25) is 0 Å². The molecule has 1 fully saturated rings. The van der Waals surface area contributed by atoms with E-state index < -0.39 is 17.8 Å². The van der Waals surface area contributed by atoms with Crippen LogP contribution >= 0.6 is 0 Å². The number of carbonyl (C=O) groups excluding carboxylic acids is 1. The van der Waals surface area contributed by atoms with Crippen LogP contribution in [0.15, 0.2) is 59.8 Å². The number of benzene rings is 2. The first-order chi connectivity index (χ1) is 17.2. The zero-order chi connectivity index (χ0) is 25.6. The lowest BCUT2D eigenvalue weighted by molar-refractivity contribution is -0.137. The first-order valence-electron chi connectivity index (χ1n) is 11.1. The van der Waals surface area contributed by atoms with Crippen LogP contribution in [-0.2, 0) is 11.0 Å². The van der Waals surface area contributed by atoms with Crippen LogP contribution in [0, 0.1) is 28.6 Å². The minimum absolute atomic E-state index is 0.0773. The van der Waals surface area contributed by atoms with E-state index in [1.807, 2.05) is 6.07 Å². The predicted octanol–water partition coefficient (Wildman–Crippen LogP) is 5.06. The lowest BCUT2D eigenvalue weighted by Crippen LogP contribution is -2.31. The Labute approximate surface area is 203 Å². The Morgan fingerprint density at radius 2 is 1.81 bits per heavy atom. The van der Waals surface area contributed by atoms with E-state index in [2.05, 4.69) is 21.6 Å². The van der Waals surface area contributed by atoms with Crippen molar-refractivity contribution in [2.75, 3.05) is 10.2 Å². The lowest BCUT2D eigenvalue weighted by Gasteiger charge is -2.35. The maximum atomic E-state index is 13.5. The van der Waals surface area contributed by atoms with E-state index in [-0.39, 0.29) is 35.0 Å². The number of hydrogen-bond acceptors (Lipinski definition) is 6. The number of anilines is 3. The predicted molar refractivity (Wildman–Crippen MR) is 123 cm³/mol. The summed E-state index contributed by atoms with van der Waals surface area (Å²) in [5.74, 6) is -0.152. The Hall–Kier alpha value is -4.64. The molecule has 11 heteroatoms. The van der Waals surface area contributed by atoms with Gasteiger partial charge in [0, 0.05) is 17.3 Å². The highest BCUT2D eigenvalue weighted by Crippen LogP contribution is 2.45. The molecule has 2 aliphatic rings. The fourth-order valence-electron chi connectivity index (χ4n) is 4.24. The van der Waals surface area contributed by atoms with Crippen molar-refractivity contribution in [1.29, 1.82) is 10.5 Å². The number of nitriles is 2. The van der Waals surface area contributed by atoms with E-state index in [1.54, 1.807) is 31.2 Å². The van der Waals surface area contributed by atoms with Crippen molar-refractivity contribution in [1.82, 2.24) is 14.8 Å². The van der Waals surface area contributed by atoms with E-state index in [0.29, 0.717) is 16.8 Å². The minimum Gasteiger partial charge on any atom is -0.294 e. The van der Waals surface area contributed by atoms with Crippen LogP contribution in [0.3, 0.4) is 0 Å². The second-order valence-corrected chi connectivity index (χ2v) is 8.59. The topological polar surface area (TPSA) is 111 Å². The summed E-state index contributed by atoms with van der Waals surface area (Å²) in [4.78, 5) is 14.0. The number of fused-ring (bicyclic) bond motifs is 1. The smallest absolute Gasteiger partial charge is 0.294 e. The average molecular weight is 489 g/mol. The van der Waals surface area contributed by atoms with Crippen molar-refractivity contribution in [2.24, 2.45) is 5.92 Å². The van der Waals surface area contributed by atoms with E-state index in [9.17, 15) is 28.5 Å². The molecule has 1 aromatic heterocycles. The van der Waals surface area contributed by atoms with Crippen LogP contribution in [-0.4, -0.2) is 20.7 Å². The largest absolute Gasteiger partial charge is 0.416 e. The van der Waals surface area contributed by atoms with Gasteiger partial charge < -0.3 is 0 Å². The average Bonchev–Trinajstić information content (AvgIpc) is 3.65. The number of allylic oxidation sites excluding steroid dienone is 2.